The molecule has 2 heterocycles. The zero-order chi connectivity index (χ0) is 14.7. The van der Waals surface area contributed by atoms with Gasteiger partial charge in [0, 0.05) is 18.4 Å². The van der Waals surface area contributed by atoms with Crippen LogP contribution in [0.2, 0.25) is 0 Å². The molecule has 0 radical (unpaired) electrons. The molecule has 0 fully saturated rings. The van der Waals surface area contributed by atoms with Gasteiger partial charge in [-0.2, -0.15) is 5.10 Å². The summed E-state index contributed by atoms with van der Waals surface area (Å²) >= 11 is 0. The van der Waals surface area contributed by atoms with Gasteiger partial charge in [-0.3, -0.25) is 4.68 Å². The fourth-order valence-corrected chi connectivity index (χ4v) is 2.79. The van der Waals surface area contributed by atoms with Gasteiger partial charge in [-0.05, 0) is 31.7 Å². The number of rotatable bonds is 6. The first kappa shape index (κ1) is 13.9. The maximum Gasteiger partial charge on any atom is 0.121 e. The zero-order valence-electron chi connectivity index (χ0n) is 12.5. The molecular formula is C17H21N3O. The fraction of sp³-hybridized carbons (Fsp3) is 0.353. The molecule has 0 saturated heterocycles. The highest BCUT2D eigenvalue weighted by Crippen LogP contribution is 2.24. The van der Waals surface area contributed by atoms with Crippen LogP contribution >= 0.6 is 0 Å². The van der Waals surface area contributed by atoms with Crippen molar-refractivity contribution in [3.63, 3.8) is 0 Å². The molecule has 0 saturated carbocycles. The minimum absolute atomic E-state index is 0.161. The molecule has 1 aromatic carbocycles. The summed E-state index contributed by atoms with van der Waals surface area (Å²) in [5.74, 6) is 0.965. The average molecular weight is 283 g/mol. The summed E-state index contributed by atoms with van der Waals surface area (Å²) in [5, 5.41) is 9.49. The van der Waals surface area contributed by atoms with Gasteiger partial charge in [-0.15, -0.1) is 0 Å². The topological polar surface area (TPSA) is 43.0 Å². The van der Waals surface area contributed by atoms with E-state index >= 15 is 0 Å². The van der Waals surface area contributed by atoms with E-state index in [0.29, 0.717) is 0 Å². The number of hydrogen-bond donors (Lipinski definition) is 1. The molecule has 21 heavy (non-hydrogen) atoms. The van der Waals surface area contributed by atoms with Gasteiger partial charge in [-0.25, -0.2) is 0 Å². The first-order valence-corrected chi connectivity index (χ1v) is 7.54. The van der Waals surface area contributed by atoms with Gasteiger partial charge >= 0.3 is 0 Å². The summed E-state index contributed by atoms with van der Waals surface area (Å²) < 4.78 is 7.63. The van der Waals surface area contributed by atoms with E-state index in [1.165, 1.54) is 10.9 Å². The van der Waals surface area contributed by atoms with Gasteiger partial charge in [0.05, 0.1) is 23.5 Å². The van der Waals surface area contributed by atoms with E-state index in [4.69, 9.17) is 9.52 Å². The van der Waals surface area contributed by atoms with E-state index in [1.54, 1.807) is 6.26 Å². The van der Waals surface area contributed by atoms with Crippen LogP contribution in [-0.2, 0) is 13.0 Å². The van der Waals surface area contributed by atoms with Crippen molar-refractivity contribution in [3.8, 4) is 0 Å². The summed E-state index contributed by atoms with van der Waals surface area (Å²) in [7, 11) is 0. The monoisotopic (exact) mass is 283 g/mol. The second kappa shape index (κ2) is 6.14. The Labute approximate surface area is 124 Å². The Morgan fingerprint density at radius 2 is 2.05 bits per heavy atom. The molecular weight excluding hydrogens is 262 g/mol. The maximum atomic E-state index is 5.57. The molecule has 4 nitrogen and oxygen atoms in total. The van der Waals surface area contributed by atoms with Crippen molar-refractivity contribution >= 4 is 10.9 Å². The molecule has 1 N–H and O–H groups in total. The quantitative estimate of drug-likeness (QED) is 0.752. The summed E-state index contributed by atoms with van der Waals surface area (Å²) in [6, 6.07) is 12.5. The second-order valence-electron chi connectivity index (χ2n) is 5.11. The minimum atomic E-state index is 0.161. The normalized spacial score (nSPS) is 12.9. The standard InChI is InChI=1S/C17H21N3O/c1-3-18-15(17-10-7-11-21-17)12-14-13-8-5-6-9-16(13)20(4-2)19-14/h5-11,15,18H,3-4,12H2,1-2H3. The molecule has 3 rings (SSSR count). The smallest absolute Gasteiger partial charge is 0.121 e. The van der Waals surface area contributed by atoms with Crippen molar-refractivity contribution in [1.29, 1.82) is 0 Å². The molecule has 2 aromatic heterocycles. The molecule has 1 unspecified atom stereocenters. The highest BCUT2D eigenvalue weighted by atomic mass is 16.3. The van der Waals surface area contributed by atoms with Crippen molar-refractivity contribution in [2.75, 3.05) is 6.54 Å². The van der Waals surface area contributed by atoms with Gasteiger partial charge < -0.3 is 9.73 Å². The average Bonchev–Trinajstić information content (AvgIpc) is 3.15. The van der Waals surface area contributed by atoms with E-state index in [2.05, 4.69) is 48.1 Å². The third kappa shape index (κ3) is 2.72. The Bertz CT molecular complexity index is 700. The van der Waals surface area contributed by atoms with Crippen LogP contribution in [0, 0.1) is 0 Å². The number of furan rings is 1. The Kier molecular flexibility index (Phi) is 4.06. The van der Waals surface area contributed by atoms with E-state index in [1.807, 2.05) is 12.1 Å². The fourth-order valence-electron chi connectivity index (χ4n) is 2.79. The van der Waals surface area contributed by atoms with Crippen LogP contribution in [-0.4, -0.2) is 16.3 Å². The predicted molar refractivity (Wildman–Crippen MR) is 84.2 cm³/mol. The predicted octanol–water partition coefficient (Wildman–Crippen LogP) is 3.54. The number of fused-ring (bicyclic) bond motifs is 1. The third-order valence-electron chi connectivity index (χ3n) is 3.77. The van der Waals surface area contributed by atoms with Gasteiger partial charge in [-0.1, -0.05) is 25.1 Å². The lowest BCUT2D eigenvalue weighted by atomic mass is 10.1. The maximum absolute atomic E-state index is 5.57. The lowest BCUT2D eigenvalue weighted by molar-refractivity contribution is 0.413. The molecule has 0 amide bonds. The van der Waals surface area contributed by atoms with E-state index in [-0.39, 0.29) is 6.04 Å². The third-order valence-corrected chi connectivity index (χ3v) is 3.77. The molecule has 0 bridgehead atoms. The zero-order valence-corrected chi connectivity index (χ0v) is 12.5. The summed E-state index contributed by atoms with van der Waals surface area (Å²) in [6.45, 7) is 6.02. The number of nitrogens with one attached hydrogen (secondary N) is 1. The highest BCUT2D eigenvalue weighted by Gasteiger charge is 2.18. The highest BCUT2D eigenvalue weighted by molar-refractivity contribution is 5.82. The van der Waals surface area contributed by atoms with Gasteiger partial charge in [0.25, 0.3) is 0 Å². The first-order chi connectivity index (χ1) is 10.3. The Hall–Kier alpha value is -2.07. The molecule has 3 aromatic rings. The van der Waals surface area contributed by atoms with Crippen molar-refractivity contribution in [1.82, 2.24) is 15.1 Å². The molecule has 0 aliphatic heterocycles. The van der Waals surface area contributed by atoms with Crippen LogP contribution in [0.15, 0.2) is 47.1 Å². The Balaban J connectivity index is 1.96. The number of hydrogen-bond acceptors (Lipinski definition) is 3. The number of aryl methyl sites for hydroxylation is 1. The van der Waals surface area contributed by atoms with Crippen LogP contribution in [0.4, 0.5) is 0 Å². The van der Waals surface area contributed by atoms with Gasteiger partial charge in [0.2, 0.25) is 0 Å². The number of aromatic nitrogens is 2. The lowest BCUT2D eigenvalue weighted by Gasteiger charge is -2.14. The van der Waals surface area contributed by atoms with Crippen LogP contribution in [0.25, 0.3) is 10.9 Å². The number of nitrogens with zero attached hydrogens (tertiary/aromatic N) is 2. The molecule has 110 valence electrons. The minimum Gasteiger partial charge on any atom is -0.468 e. The van der Waals surface area contributed by atoms with E-state index in [9.17, 15) is 0 Å². The van der Waals surface area contributed by atoms with E-state index < -0.39 is 0 Å². The van der Waals surface area contributed by atoms with Crippen LogP contribution in [0.5, 0.6) is 0 Å². The molecule has 0 aliphatic rings. The molecule has 0 spiro atoms. The van der Waals surface area contributed by atoms with Crippen molar-refractivity contribution in [2.45, 2.75) is 32.9 Å². The molecule has 4 heteroatoms. The molecule has 0 aliphatic carbocycles. The van der Waals surface area contributed by atoms with Gasteiger partial charge in [0.15, 0.2) is 0 Å². The Morgan fingerprint density at radius 1 is 1.19 bits per heavy atom. The van der Waals surface area contributed by atoms with Gasteiger partial charge in [0.1, 0.15) is 5.76 Å². The SMILES string of the molecule is CCNC(Cc1nn(CC)c2ccccc12)c1ccco1. The lowest BCUT2D eigenvalue weighted by Crippen LogP contribution is -2.22. The van der Waals surface area contributed by atoms with Crippen LogP contribution < -0.4 is 5.32 Å². The van der Waals surface area contributed by atoms with E-state index in [0.717, 1.165) is 31.0 Å². The van der Waals surface area contributed by atoms with Crippen molar-refractivity contribution in [3.05, 3.63) is 54.1 Å². The van der Waals surface area contributed by atoms with Crippen molar-refractivity contribution < 1.29 is 4.42 Å². The van der Waals surface area contributed by atoms with Crippen LogP contribution in [0.3, 0.4) is 0 Å². The first-order valence-electron chi connectivity index (χ1n) is 7.54. The number of likely N-dealkylation sites (N-methyl/N-ethyl adjacent to an activating group) is 1. The number of para-hydroxylation sites is 1. The Morgan fingerprint density at radius 3 is 2.76 bits per heavy atom. The second-order valence-corrected chi connectivity index (χ2v) is 5.11. The van der Waals surface area contributed by atoms with Crippen LogP contribution in [0.1, 0.15) is 31.3 Å². The van der Waals surface area contributed by atoms with Crippen molar-refractivity contribution in [2.24, 2.45) is 0 Å². The largest absolute Gasteiger partial charge is 0.468 e. The summed E-state index contributed by atoms with van der Waals surface area (Å²) in [6.07, 6.45) is 2.55. The molecule has 1 atom stereocenters. The summed E-state index contributed by atoms with van der Waals surface area (Å²) in [4.78, 5) is 0. The summed E-state index contributed by atoms with van der Waals surface area (Å²) in [5.41, 5.74) is 2.32. The number of benzene rings is 1.